The van der Waals surface area contributed by atoms with Crippen molar-refractivity contribution in [2.75, 3.05) is 0 Å². The van der Waals surface area contributed by atoms with Gasteiger partial charge in [0, 0.05) is 15.6 Å². The third-order valence-electron chi connectivity index (χ3n) is 4.99. The summed E-state index contributed by atoms with van der Waals surface area (Å²) < 4.78 is 2.15. The van der Waals surface area contributed by atoms with E-state index in [9.17, 15) is 4.79 Å². The Morgan fingerprint density at radius 1 is 0.962 bits per heavy atom. The summed E-state index contributed by atoms with van der Waals surface area (Å²) in [6.07, 6.45) is 2.17. The molecule has 0 aliphatic rings. The maximum Gasteiger partial charge on any atom is 0.282 e. The number of fused-ring (bicyclic) bond motifs is 5. The second-order valence-corrected chi connectivity index (χ2v) is 7.73. The van der Waals surface area contributed by atoms with Crippen LogP contribution in [0, 0.1) is 13.8 Å². The third-order valence-corrected chi connectivity index (χ3v) is 6.18. The second kappa shape index (κ2) is 5.51. The number of aryl methyl sites for hydroxylation is 2. The molecule has 0 aliphatic heterocycles. The van der Waals surface area contributed by atoms with E-state index in [-0.39, 0.29) is 5.56 Å². The largest absolute Gasteiger partial charge is 0.284 e. The van der Waals surface area contributed by atoms with E-state index in [0.717, 1.165) is 48.0 Å². The minimum Gasteiger partial charge on any atom is -0.284 e. The summed E-state index contributed by atoms with van der Waals surface area (Å²) in [7, 11) is 0. The molecule has 26 heavy (non-hydrogen) atoms. The first-order valence-electron chi connectivity index (χ1n) is 8.55. The normalized spacial score (nSPS) is 12.6. The van der Waals surface area contributed by atoms with Gasteiger partial charge < -0.3 is 0 Å². The van der Waals surface area contributed by atoms with E-state index in [1.807, 2.05) is 43.3 Å². The van der Waals surface area contributed by atoms with Gasteiger partial charge >= 0.3 is 0 Å². The quantitative estimate of drug-likeness (QED) is 0.450. The summed E-state index contributed by atoms with van der Waals surface area (Å²) in [6.45, 7) is 4.07. The van der Waals surface area contributed by atoms with Gasteiger partial charge in [0.15, 0.2) is 5.65 Å². The van der Waals surface area contributed by atoms with E-state index in [0.29, 0.717) is 0 Å². The Balaban J connectivity index is 2.11. The second-order valence-electron chi connectivity index (χ2n) is 6.53. The van der Waals surface area contributed by atoms with E-state index in [4.69, 9.17) is 0 Å². The third kappa shape index (κ3) is 2.06. The van der Waals surface area contributed by atoms with Crippen LogP contribution in [0.5, 0.6) is 0 Å². The van der Waals surface area contributed by atoms with Crippen molar-refractivity contribution in [1.29, 1.82) is 0 Å². The first-order valence-corrected chi connectivity index (χ1v) is 9.36. The smallest absolute Gasteiger partial charge is 0.282 e. The zero-order valence-electron chi connectivity index (χ0n) is 14.5. The lowest BCUT2D eigenvalue weighted by atomic mass is 10.1. The Morgan fingerprint density at radius 3 is 2.42 bits per heavy atom. The number of hydrogen-bond acceptors (Lipinski definition) is 3. The maximum absolute atomic E-state index is 12.7. The minimum absolute atomic E-state index is 0.135. The lowest BCUT2D eigenvalue weighted by Crippen LogP contribution is -2.15. The summed E-state index contributed by atoms with van der Waals surface area (Å²) in [6, 6.07) is 18.4. The van der Waals surface area contributed by atoms with Crippen molar-refractivity contribution in [1.82, 2.24) is 9.38 Å². The zero-order chi connectivity index (χ0) is 17.8. The van der Waals surface area contributed by atoms with E-state index >= 15 is 0 Å². The number of benzene rings is 2. The van der Waals surface area contributed by atoms with E-state index in [1.165, 1.54) is 0 Å². The Morgan fingerprint density at radius 2 is 1.65 bits per heavy atom. The van der Waals surface area contributed by atoms with Gasteiger partial charge in [0.25, 0.3) is 5.56 Å². The molecule has 126 valence electrons. The number of rotatable bonds is 1. The van der Waals surface area contributed by atoms with Crippen molar-refractivity contribution in [2.24, 2.45) is 0 Å². The van der Waals surface area contributed by atoms with Gasteiger partial charge in [0.2, 0.25) is 0 Å². The highest BCUT2D eigenvalue weighted by Crippen LogP contribution is 2.29. The molecule has 0 fully saturated rings. The van der Waals surface area contributed by atoms with Gasteiger partial charge in [0.1, 0.15) is 4.83 Å². The van der Waals surface area contributed by atoms with E-state index < -0.39 is 0 Å². The summed E-state index contributed by atoms with van der Waals surface area (Å²) in [5, 5.41) is 3.93. The van der Waals surface area contributed by atoms with Crippen molar-refractivity contribution in [3.8, 4) is 0 Å². The average Bonchev–Trinajstić information content (AvgIpc) is 3.12. The SMILES string of the molecule is Cc1sc2c(c1C)c(=O)nc1c3ccccc3/c(=C\c3ccccc3)n12. The van der Waals surface area contributed by atoms with Crippen LogP contribution in [0.15, 0.2) is 59.4 Å². The van der Waals surface area contributed by atoms with Crippen molar-refractivity contribution in [3.63, 3.8) is 0 Å². The molecule has 0 bridgehead atoms. The summed E-state index contributed by atoms with van der Waals surface area (Å²) in [5.74, 6) is 0. The van der Waals surface area contributed by atoms with Crippen LogP contribution in [0.1, 0.15) is 16.0 Å². The van der Waals surface area contributed by atoms with Crippen LogP contribution in [0.25, 0.3) is 32.7 Å². The molecule has 0 saturated carbocycles. The van der Waals surface area contributed by atoms with Crippen LogP contribution >= 0.6 is 11.3 Å². The van der Waals surface area contributed by atoms with Crippen molar-refractivity contribution in [2.45, 2.75) is 13.8 Å². The number of nitrogens with zero attached hydrogens (tertiary/aromatic N) is 2. The van der Waals surface area contributed by atoms with Crippen LogP contribution in [0.2, 0.25) is 0 Å². The first-order chi connectivity index (χ1) is 12.6. The molecule has 0 saturated heterocycles. The monoisotopic (exact) mass is 356 g/mol. The van der Waals surface area contributed by atoms with E-state index in [2.05, 4.69) is 40.6 Å². The Kier molecular flexibility index (Phi) is 3.24. The fraction of sp³-hybridized carbons (Fsp3) is 0.0909. The molecule has 0 amide bonds. The van der Waals surface area contributed by atoms with Crippen LogP contribution in [-0.4, -0.2) is 9.38 Å². The summed E-state index contributed by atoms with van der Waals surface area (Å²) in [5.41, 5.74) is 2.76. The molecular formula is C22H16N2OS. The molecular weight excluding hydrogens is 340 g/mol. The molecule has 5 aromatic rings. The van der Waals surface area contributed by atoms with Crippen LogP contribution in [0.3, 0.4) is 0 Å². The molecule has 3 aromatic heterocycles. The topological polar surface area (TPSA) is 34.4 Å². The lowest BCUT2D eigenvalue weighted by molar-refractivity contribution is 1.15. The Labute approximate surface area is 153 Å². The van der Waals surface area contributed by atoms with Crippen molar-refractivity contribution < 1.29 is 0 Å². The fourth-order valence-corrected chi connectivity index (χ4v) is 4.76. The highest BCUT2D eigenvalue weighted by atomic mass is 32.1. The van der Waals surface area contributed by atoms with Crippen LogP contribution < -0.4 is 10.9 Å². The fourth-order valence-electron chi connectivity index (χ4n) is 3.59. The van der Waals surface area contributed by atoms with Gasteiger partial charge in [-0.05, 0) is 31.1 Å². The Hall–Kier alpha value is -2.98. The van der Waals surface area contributed by atoms with Crippen LogP contribution in [-0.2, 0) is 0 Å². The number of hydrogen-bond donors (Lipinski definition) is 0. The Bertz CT molecular complexity index is 1410. The van der Waals surface area contributed by atoms with Crippen molar-refractivity contribution in [3.05, 3.63) is 86.3 Å². The standard InChI is InChI=1S/C22H16N2OS/c1-13-14(2)26-22-19(13)21(25)23-20-17-11-7-6-10-16(17)18(24(20)22)12-15-8-4-3-5-9-15/h3-12H,1-2H3/b18-12+. The van der Waals surface area contributed by atoms with Gasteiger partial charge in [-0.15, -0.1) is 11.3 Å². The van der Waals surface area contributed by atoms with Gasteiger partial charge in [-0.25, -0.2) is 0 Å². The average molecular weight is 356 g/mol. The molecule has 3 nitrogen and oxygen atoms in total. The summed E-state index contributed by atoms with van der Waals surface area (Å²) in [4.78, 5) is 19.3. The lowest BCUT2D eigenvalue weighted by Gasteiger charge is -1.98. The zero-order valence-corrected chi connectivity index (χ0v) is 15.3. The highest BCUT2D eigenvalue weighted by molar-refractivity contribution is 7.18. The molecule has 0 N–H and O–H groups in total. The summed E-state index contributed by atoms with van der Waals surface area (Å²) >= 11 is 1.67. The van der Waals surface area contributed by atoms with Gasteiger partial charge in [-0.2, -0.15) is 4.98 Å². The van der Waals surface area contributed by atoms with E-state index in [1.54, 1.807) is 11.3 Å². The highest BCUT2D eigenvalue weighted by Gasteiger charge is 2.17. The number of aromatic nitrogens is 2. The molecule has 4 heteroatoms. The number of thiophene rings is 1. The first kappa shape index (κ1) is 15.3. The van der Waals surface area contributed by atoms with Gasteiger partial charge in [-0.1, -0.05) is 54.6 Å². The molecule has 2 aromatic carbocycles. The minimum atomic E-state index is -0.135. The van der Waals surface area contributed by atoms with Gasteiger partial charge in [-0.3, -0.25) is 9.20 Å². The molecule has 0 radical (unpaired) electrons. The molecule has 3 heterocycles. The van der Waals surface area contributed by atoms with Gasteiger partial charge in [0.05, 0.1) is 10.7 Å². The molecule has 0 aliphatic carbocycles. The van der Waals surface area contributed by atoms with Crippen LogP contribution in [0.4, 0.5) is 0 Å². The molecule has 5 rings (SSSR count). The predicted molar refractivity (Wildman–Crippen MR) is 109 cm³/mol. The molecule has 0 unspecified atom stereocenters. The predicted octanol–water partition coefficient (Wildman–Crippen LogP) is 4.23. The maximum atomic E-state index is 12.7. The van der Waals surface area contributed by atoms with Crippen molar-refractivity contribution >= 4 is 44.0 Å². The molecule has 0 atom stereocenters. The molecule has 0 spiro atoms.